The molecule has 1 atom stereocenters. The number of carbonyl (C=O) groups excluding carboxylic acids is 1. The molecule has 3 aromatic rings. The lowest BCUT2D eigenvalue weighted by atomic mass is 10.1. The molecule has 2 aromatic carbocycles. The zero-order chi connectivity index (χ0) is 23.4. The van der Waals surface area contributed by atoms with Gasteiger partial charge in [-0.05, 0) is 49.4 Å². The third-order valence-corrected chi connectivity index (χ3v) is 5.51. The SMILES string of the molecule is CC(CO)Nc1ccc2c(/C(N)=C/N(N)c3ccc(C(=O)N4CCOCC4)cc3)n[nH]c2c1. The van der Waals surface area contributed by atoms with Crippen molar-refractivity contribution in [2.45, 2.75) is 13.0 Å². The van der Waals surface area contributed by atoms with Crippen molar-refractivity contribution >= 4 is 33.9 Å². The first-order valence-electron chi connectivity index (χ1n) is 10.8. The highest BCUT2D eigenvalue weighted by molar-refractivity contribution is 5.95. The largest absolute Gasteiger partial charge is 0.396 e. The van der Waals surface area contributed by atoms with Gasteiger partial charge in [-0.25, -0.2) is 5.84 Å². The molecule has 2 heterocycles. The Morgan fingerprint density at radius 3 is 2.73 bits per heavy atom. The molecule has 1 aliphatic heterocycles. The van der Waals surface area contributed by atoms with Crippen LogP contribution in [0.25, 0.3) is 16.6 Å². The molecule has 1 aromatic heterocycles. The molecule has 1 aliphatic rings. The van der Waals surface area contributed by atoms with Crippen molar-refractivity contribution in [3.8, 4) is 0 Å². The average Bonchev–Trinajstić information content (AvgIpc) is 3.27. The monoisotopic (exact) mass is 451 g/mol. The normalized spacial score (nSPS) is 15.5. The Morgan fingerprint density at radius 1 is 1.30 bits per heavy atom. The lowest BCUT2D eigenvalue weighted by Crippen LogP contribution is -2.40. The molecule has 0 bridgehead atoms. The smallest absolute Gasteiger partial charge is 0.254 e. The number of anilines is 2. The van der Waals surface area contributed by atoms with Gasteiger partial charge in [-0.1, -0.05) is 0 Å². The Morgan fingerprint density at radius 2 is 2.03 bits per heavy atom. The number of aliphatic hydroxyl groups excluding tert-OH is 1. The lowest BCUT2D eigenvalue weighted by molar-refractivity contribution is 0.0303. The number of amides is 1. The zero-order valence-electron chi connectivity index (χ0n) is 18.5. The van der Waals surface area contributed by atoms with Gasteiger partial charge < -0.3 is 25.8 Å². The highest BCUT2D eigenvalue weighted by atomic mass is 16.5. The second-order valence-corrected chi connectivity index (χ2v) is 8.00. The van der Waals surface area contributed by atoms with Crippen molar-refractivity contribution in [3.63, 3.8) is 0 Å². The van der Waals surface area contributed by atoms with Crippen LogP contribution >= 0.6 is 0 Å². The number of morpholine rings is 1. The maximum absolute atomic E-state index is 12.6. The third-order valence-electron chi connectivity index (χ3n) is 5.51. The summed E-state index contributed by atoms with van der Waals surface area (Å²) in [5, 5.41) is 22.0. The Hall–Kier alpha value is -3.60. The second kappa shape index (κ2) is 9.90. The van der Waals surface area contributed by atoms with Gasteiger partial charge in [0.05, 0.1) is 36.7 Å². The highest BCUT2D eigenvalue weighted by Crippen LogP contribution is 2.24. The number of aromatic nitrogens is 2. The molecule has 174 valence electrons. The van der Waals surface area contributed by atoms with Crippen LogP contribution in [0.5, 0.6) is 0 Å². The van der Waals surface area contributed by atoms with Crippen LogP contribution in [0.1, 0.15) is 23.0 Å². The number of benzene rings is 2. The topological polar surface area (TPSA) is 146 Å². The summed E-state index contributed by atoms with van der Waals surface area (Å²) in [7, 11) is 0. The lowest BCUT2D eigenvalue weighted by Gasteiger charge is -2.27. The number of aliphatic hydroxyl groups is 1. The summed E-state index contributed by atoms with van der Waals surface area (Å²) in [5.74, 6) is 6.18. The van der Waals surface area contributed by atoms with Crippen molar-refractivity contribution in [1.29, 1.82) is 0 Å². The summed E-state index contributed by atoms with van der Waals surface area (Å²) >= 11 is 0. The minimum atomic E-state index is -0.0591. The Labute approximate surface area is 191 Å². The number of rotatable bonds is 7. The minimum Gasteiger partial charge on any atom is -0.396 e. The van der Waals surface area contributed by atoms with E-state index in [-0.39, 0.29) is 18.6 Å². The van der Waals surface area contributed by atoms with Crippen LogP contribution in [0.3, 0.4) is 0 Å². The van der Waals surface area contributed by atoms with Gasteiger partial charge in [-0.15, -0.1) is 0 Å². The summed E-state index contributed by atoms with van der Waals surface area (Å²) < 4.78 is 5.30. The van der Waals surface area contributed by atoms with Crippen LogP contribution in [-0.4, -0.2) is 65.1 Å². The van der Waals surface area contributed by atoms with Crippen molar-refractivity contribution in [3.05, 3.63) is 59.9 Å². The first-order valence-corrected chi connectivity index (χ1v) is 10.8. The van der Waals surface area contributed by atoms with Crippen LogP contribution in [0.4, 0.5) is 11.4 Å². The number of hydrogen-bond donors (Lipinski definition) is 5. The number of fused-ring (bicyclic) bond motifs is 1. The van der Waals surface area contributed by atoms with E-state index in [4.69, 9.17) is 16.3 Å². The highest BCUT2D eigenvalue weighted by Gasteiger charge is 2.18. The van der Waals surface area contributed by atoms with Gasteiger partial charge in [-0.3, -0.25) is 14.9 Å². The predicted molar refractivity (Wildman–Crippen MR) is 128 cm³/mol. The molecule has 1 unspecified atom stereocenters. The van der Waals surface area contributed by atoms with Gasteiger partial charge in [0.25, 0.3) is 5.91 Å². The number of ether oxygens (including phenoxy) is 1. The number of nitrogens with zero attached hydrogens (tertiary/aromatic N) is 3. The molecule has 10 nitrogen and oxygen atoms in total. The van der Waals surface area contributed by atoms with Gasteiger partial charge in [0.1, 0.15) is 5.69 Å². The molecule has 33 heavy (non-hydrogen) atoms. The fraction of sp³-hybridized carbons (Fsp3) is 0.304. The van der Waals surface area contributed by atoms with E-state index in [0.717, 1.165) is 16.6 Å². The minimum absolute atomic E-state index is 0.0197. The van der Waals surface area contributed by atoms with Gasteiger partial charge in [-0.2, -0.15) is 5.10 Å². The van der Waals surface area contributed by atoms with Crippen LogP contribution in [0.15, 0.2) is 48.7 Å². The Kier molecular flexibility index (Phi) is 6.78. The van der Waals surface area contributed by atoms with E-state index in [1.165, 1.54) is 5.01 Å². The second-order valence-electron chi connectivity index (χ2n) is 8.00. The quantitative estimate of drug-likeness (QED) is 0.268. The molecule has 10 heteroatoms. The molecule has 7 N–H and O–H groups in total. The van der Waals surface area contributed by atoms with Crippen LogP contribution in [0, 0.1) is 0 Å². The standard InChI is InChI=1S/C23H29N7O3/c1-15(14-31)26-17-4-7-19-21(12-17)27-28-22(19)20(24)13-30(25)18-5-2-16(3-6-18)23(32)29-8-10-33-11-9-29/h2-7,12-13,15,26,31H,8-11,14,24-25H2,1H3,(H,27,28)/b20-13-. The number of hydrogen-bond acceptors (Lipinski definition) is 8. The molecule has 0 saturated carbocycles. The molecular weight excluding hydrogens is 422 g/mol. The summed E-state index contributed by atoms with van der Waals surface area (Å²) in [6, 6.07) is 12.7. The van der Waals surface area contributed by atoms with Gasteiger partial charge in [0, 0.05) is 42.0 Å². The van der Waals surface area contributed by atoms with Crippen molar-refractivity contribution < 1.29 is 14.6 Å². The average molecular weight is 452 g/mol. The summed E-state index contributed by atoms with van der Waals surface area (Å²) in [6.45, 7) is 4.25. The maximum Gasteiger partial charge on any atom is 0.254 e. The Bertz CT molecular complexity index is 1140. The van der Waals surface area contributed by atoms with Gasteiger partial charge in [0.2, 0.25) is 0 Å². The van der Waals surface area contributed by atoms with Crippen LogP contribution in [0.2, 0.25) is 0 Å². The third kappa shape index (κ3) is 5.08. The molecule has 1 saturated heterocycles. The molecule has 0 aliphatic carbocycles. The molecule has 4 rings (SSSR count). The van der Waals surface area contributed by atoms with Crippen molar-refractivity contribution in [2.75, 3.05) is 43.2 Å². The first kappa shape index (κ1) is 22.6. The summed E-state index contributed by atoms with van der Waals surface area (Å²) in [4.78, 5) is 14.4. The van der Waals surface area contributed by atoms with Crippen LogP contribution in [-0.2, 0) is 4.74 Å². The first-order chi connectivity index (χ1) is 16.0. The number of nitrogens with two attached hydrogens (primary N) is 2. The van der Waals surface area contributed by atoms with E-state index >= 15 is 0 Å². The number of hydrazine groups is 1. The maximum atomic E-state index is 12.6. The number of H-pyrrole nitrogens is 1. The van der Waals surface area contributed by atoms with Crippen LogP contribution < -0.4 is 21.9 Å². The van der Waals surface area contributed by atoms with Gasteiger partial charge >= 0.3 is 0 Å². The van der Waals surface area contributed by atoms with E-state index < -0.39 is 0 Å². The summed E-state index contributed by atoms with van der Waals surface area (Å²) in [5.41, 5.74) is 10.2. The van der Waals surface area contributed by atoms with E-state index in [9.17, 15) is 9.90 Å². The van der Waals surface area contributed by atoms with Crippen molar-refractivity contribution in [2.24, 2.45) is 11.6 Å². The van der Waals surface area contributed by atoms with E-state index in [1.54, 1.807) is 35.4 Å². The zero-order valence-corrected chi connectivity index (χ0v) is 18.5. The number of carbonyl (C=O) groups is 1. The summed E-state index contributed by atoms with van der Waals surface area (Å²) in [6.07, 6.45) is 1.59. The fourth-order valence-electron chi connectivity index (χ4n) is 3.67. The number of nitrogens with one attached hydrogen (secondary N) is 2. The molecule has 1 fully saturated rings. The molecule has 1 amide bonds. The molecular formula is C23H29N7O3. The van der Waals surface area contributed by atoms with E-state index in [0.29, 0.717) is 48.9 Å². The number of aromatic amines is 1. The van der Waals surface area contributed by atoms with Gasteiger partial charge in [0.15, 0.2) is 0 Å². The molecule has 0 radical (unpaired) electrons. The Balaban J connectivity index is 1.48. The van der Waals surface area contributed by atoms with E-state index in [1.807, 2.05) is 25.1 Å². The van der Waals surface area contributed by atoms with E-state index in [2.05, 4.69) is 15.5 Å². The van der Waals surface area contributed by atoms with Crippen molar-refractivity contribution in [1.82, 2.24) is 15.1 Å². The molecule has 0 spiro atoms. The predicted octanol–water partition coefficient (Wildman–Crippen LogP) is 1.47. The fourth-order valence-corrected chi connectivity index (χ4v) is 3.67.